The lowest BCUT2D eigenvalue weighted by Crippen LogP contribution is -2.22. The van der Waals surface area contributed by atoms with Crippen LogP contribution in [0.25, 0.3) is 0 Å². The molecule has 10 heavy (non-hydrogen) atoms. The second kappa shape index (κ2) is 7.36. The first-order chi connectivity index (χ1) is 4.81. The molecule has 0 aliphatic heterocycles. The minimum atomic E-state index is 0.721. The molecule has 0 spiro atoms. The zero-order chi connectivity index (χ0) is 7.82. The summed E-state index contributed by atoms with van der Waals surface area (Å²) in [5.41, 5.74) is 0. The molecule has 2 heteroatoms. The second-order valence-corrected chi connectivity index (χ2v) is 3.16. The molecule has 0 fully saturated rings. The van der Waals surface area contributed by atoms with Gasteiger partial charge in [0, 0.05) is 12.4 Å². The molecule has 0 amide bonds. The third-order valence-electron chi connectivity index (χ3n) is 1.55. The first-order valence-corrected chi connectivity index (χ1v) is 4.61. The highest BCUT2D eigenvalue weighted by molar-refractivity contribution is 6.18. The van der Waals surface area contributed by atoms with Gasteiger partial charge < -0.3 is 5.32 Å². The summed E-state index contributed by atoms with van der Waals surface area (Å²) in [5.74, 6) is 1.52. The van der Waals surface area contributed by atoms with E-state index < -0.39 is 0 Å². The summed E-state index contributed by atoms with van der Waals surface area (Å²) < 4.78 is 0. The van der Waals surface area contributed by atoms with Crippen LogP contribution < -0.4 is 5.32 Å². The van der Waals surface area contributed by atoms with Crippen LogP contribution >= 0.6 is 11.6 Å². The van der Waals surface area contributed by atoms with Crippen LogP contribution in [0.1, 0.15) is 26.7 Å². The smallest absolute Gasteiger partial charge is 0.0348 e. The highest BCUT2D eigenvalue weighted by atomic mass is 35.5. The van der Waals surface area contributed by atoms with Gasteiger partial charge in [0.1, 0.15) is 0 Å². The van der Waals surface area contributed by atoms with Crippen molar-refractivity contribution in [3.63, 3.8) is 0 Å². The number of halogens is 1. The lowest BCUT2D eigenvalue weighted by atomic mass is 10.1. The van der Waals surface area contributed by atoms with E-state index in [1.807, 2.05) is 0 Å². The number of alkyl halides is 1. The molecule has 1 unspecified atom stereocenters. The largest absolute Gasteiger partial charge is 0.315 e. The minimum absolute atomic E-state index is 0.721. The first kappa shape index (κ1) is 10.2. The van der Waals surface area contributed by atoms with E-state index in [9.17, 15) is 0 Å². The minimum Gasteiger partial charge on any atom is -0.315 e. The maximum absolute atomic E-state index is 5.50. The van der Waals surface area contributed by atoms with Crippen molar-refractivity contribution in [3.05, 3.63) is 0 Å². The Morgan fingerprint density at radius 1 is 1.50 bits per heavy atom. The van der Waals surface area contributed by atoms with Crippen molar-refractivity contribution in [3.8, 4) is 0 Å². The summed E-state index contributed by atoms with van der Waals surface area (Å²) in [6.07, 6.45) is 2.60. The Hall–Kier alpha value is 0.250. The van der Waals surface area contributed by atoms with Gasteiger partial charge in [-0.1, -0.05) is 20.3 Å². The Morgan fingerprint density at radius 3 is 2.70 bits per heavy atom. The molecule has 0 saturated carbocycles. The zero-order valence-electron chi connectivity index (χ0n) is 6.99. The van der Waals surface area contributed by atoms with Crippen molar-refractivity contribution in [2.45, 2.75) is 26.7 Å². The topological polar surface area (TPSA) is 12.0 Å². The number of hydrogen-bond acceptors (Lipinski definition) is 1. The predicted molar refractivity (Wildman–Crippen MR) is 47.7 cm³/mol. The molecular weight excluding hydrogens is 146 g/mol. The molecule has 0 aromatic carbocycles. The molecule has 1 N–H and O–H groups in total. The van der Waals surface area contributed by atoms with Crippen molar-refractivity contribution in [1.29, 1.82) is 0 Å². The lowest BCUT2D eigenvalue weighted by Gasteiger charge is -2.09. The van der Waals surface area contributed by atoms with Gasteiger partial charge >= 0.3 is 0 Å². The fraction of sp³-hybridized carbons (Fsp3) is 1.00. The Labute approximate surface area is 69.1 Å². The molecule has 0 aromatic heterocycles. The Kier molecular flexibility index (Phi) is 7.54. The molecule has 0 aliphatic rings. The van der Waals surface area contributed by atoms with Gasteiger partial charge in [-0.25, -0.2) is 0 Å². The molecule has 1 nitrogen and oxygen atoms in total. The molecule has 1 atom stereocenters. The predicted octanol–water partition coefficient (Wildman–Crippen LogP) is 2.25. The van der Waals surface area contributed by atoms with E-state index in [2.05, 4.69) is 19.2 Å². The van der Waals surface area contributed by atoms with E-state index in [-0.39, 0.29) is 0 Å². The number of hydrogen-bond donors (Lipinski definition) is 1. The van der Waals surface area contributed by atoms with Crippen LogP contribution in [-0.2, 0) is 0 Å². The van der Waals surface area contributed by atoms with Crippen molar-refractivity contribution >= 4 is 11.6 Å². The van der Waals surface area contributed by atoms with Crippen molar-refractivity contribution in [2.75, 3.05) is 19.0 Å². The summed E-state index contributed by atoms with van der Waals surface area (Å²) in [7, 11) is 0. The maximum Gasteiger partial charge on any atom is 0.0348 e. The van der Waals surface area contributed by atoms with Crippen LogP contribution in [0.15, 0.2) is 0 Å². The van der Waals surface area contributed by atoms with Gasteiger partial charge in [-0.3, -0.25) is 0 Å². The molecule has 0 saturated heterocycles. The van der Waals surface area contributed by atoms with Crippen LogP contribution in [0.2, 0.25) is 0 Å². The van der Waals surface area contributed by atoms with E-state index in [0.29, 0.717) is 0 Å². The van der Waals surface area contributed by atoms with Crippen LogP contribution in [0, 0.1) is 5.92 Å². The fourth-order valence-corrected chi connectivity index (χ4v) is 1.14. The molecular formula is C8H18ClN. The quantitative estimate of drug-likeness (QED) is 0.468. The number of nitrogens with one attached hydrogen (secondary N) is 1. The summed E-state index contributed by atoms with van der Waals surface area (Å²) in [4.78, 5) is 0. The van der Waals surface area contributed by atoms with Crippen LogP contribution in [0.5, 0.6) is 0 Å². The second-order valence-electron chi connectivity index (χ2n) is 2.79. The first-order valence-electron chi connectivity index (χ1n) is 4.08. The van der Waals surface area contributed by atoms with Gasteiger partial charge in [0.25, 0.3) is 0 Å². The van der Waals surface area contributed by atoms with Gasteiger partial charge in [0.05, 0.1) is 0 Å². The standard InChI is InChI=1S/C8H18ClN/c1-3-4-8(2)7-10-6-5-9/h8,10H,3-7H2,1-2H3. The van der Waals surface area contributed by atoms with Gasteiger partial charge in [0.15, 0.2) is 0 Å². The normalized spacial score (nSPS) is 13.5. The monoisotopic (exact) mass is 163 g/mol. The van der Waals surface area contributed by atoms with Gasteiger partial charge in [-0.2, -0.15) is 0 Å². The highest BCUT2D eigenvalue weighted by Gasteiger charge is 1.97. The van der Waals surface area contributed by atoms with Crippen molar-refractivity contribution in [2.24, 2.45) is 5.92 Å². The van der Waals surface area contributed by atoms with E-state index in [1.165, 1.54) is 12.8 Å². The summed E-state index contributed by atoms with van der Waals surface area (Å²) in [6.45, 7) is 6.54. The van der Waals surface area contributed by atoms with E-state index in [1.54, 1.807) is 0 Å². The van der Waals surface area contributed by atoms with Gasteiger partial charge in [-0.05, 0) is 18.9 Å². The summed E-state index contributed by atoms with van der Waals surface area (Å²) >= 11 is 5.50. The Bertz CT molecular complexity index is 66.3. The molecule has 0 aromatic rings. The van der Waals surface area contributed by atoms with Crippen LogP contribution in [-0.4, -0.2) is 19.0 Å². The summed E-state index contributed by atoms with van der Waals surface area (Å²) in [5, 5.41) is 3.29. The molecule has 0 heterocycles. The lowest BCUT2D eigenvalue weighted by molar-refractivity contribution is 0.484. The molecule has 62 valence electrons. The average molecular weight is 164 g/mol. The maximum atomic E-state index is 5.50. The summed E-state index contributed by atoms with van der Waals surface area (Å²) in [6, 6.07) is 0. The van der Waals surface area contributed by atoms with Crippen molar-refractivity contribution < 1.29 is 0 Å². The van der Waals surface area contributed by atoms with E-state index in [4.69, 9.17) is 11.6 Å². The third-order valence-corrected chi connectivity index (χ3v) is 1.73. The van der Waals surface area contributed by atoms with Gasteiger partial charge in [0.2, 0.25) is 0 Å². The molecule has 0 radical (unpaired) electrons. The Morgan fingerprint density at radius 2 is 2.20 bits per heavy atom. The SMILES string of the molecule is CCCC(C)CNCCCl. The Balaban J connectivity index is 2.97. The highest BCUT2D eigenvalue weighted by Crippen LogP contribution is 2.01. The van der Waals surface area contributed by atoms with Crippen LogP contribution in [0.4, 0.5) is 0 Å². The fourth-order valence-electron chi connectivity index (χ4n) is 1.01. The average Bonchev–Trinajstić information content (AvgIpc) is 1.89. The van der Waals surface area contributed by atoms with Crippen LogP contribution in [0.3, 0.4) is 0 Å². The number of rotatable bonds is 6. The molecule has 0 bridgehead atoms. The molecule has 0 rings (SSSR count). The zero-order valence-corrected chi connectivity index (χ0v) is 7.75. The van der Waals surface area contributed by atoms with Gasteiger partial charge in [-0.15, -0.1) is 11.6 Å². The van der Waals surface area contributed by atoms with Crippen molar-refractivity contribution in [1.82, 2.24) is 5.32 Å². The molecule has 0 aliphatic carbocycles. The van der Waals surface area contributed by atoms with E-state index >= 15 is 0 Å². The third kappa shape index (κ3) is 6.37. The van der Waals surface area contributed by atoms with E-state index in [0.717, 1.165) is 24.9 Å².